The number of aliphatic carboxylic acids is 1. The van der Waals surface area contributed by atoms with E-state index in [4.69, 9.17) is 5.11 Å². The standard InChI is InChI=1S/C13H15BrN2O4/c1-6(3-12(18)19)2-11(17)7-4-9-10(5-8(7)14)16-13(20)15-9/h4-6,11,17H,2-3H2,1H3,(H,18,19)(H2,15,16,20). The van der Waals surface area contributed by atoms with E-state index in [2.05, 4.69) is 25.9 Å². The molecule has 6 nitrogen and oxygen atoms in total. The van der Waals surface area contributed by atoms with Crippen molar-refractivity contribution in [1.82, 2.24) is 9.97 Å². The average Bonchev–Trinajstić information content (AvgIpc) is 2.65. The van der Waals surface area contributed by atoms with Crippen molar-refractivity contribution in [3.8, 4) is 0 Å². The number of aliphatic hydroxyl groups is 1. The number of carbonyl (C=O) groups is 1. The minimum atomic E-state index is -0.880. The number of nitrogens with one attached hydrogen (secondary N) is 2. The summed E-state index contributed by atoms with van der Waals surface area (Å²) in [5.74, 6) is -1.02. The molecule has 0 saturated carbocycles. The van der Waals surface area contributed by atoms with Gasteiger partial charge in [-0.3, -0.25) is 4.79 Å². The molecule has 0 bridgehead atoms. The van der Waals surface area contributed by atoms with Crippen molar-refractivity contribution < 1.29 is 15.0 Å². The topological polar surface area (TPSA) is 106 Å². The van der Waals surface area contributed by atoms with E-state index in [0.717, 1.165) is 0 Å². The van der Waals surface area contributed by atoms with Gasteiger partial charge < -0.3 is 20.2 Å². The van der Waals surface area contributed by atoms with Crippen molar-refractivity contribution in [3.05, 3.63) is 32.7 Å². The Morgan fingerprint density at radius 1 is 1.35 bits per heavy atom. The second kappa shape index (κ2) is 5.80. The first-order valence-electron chi connectivity index (χ1n) is 6.18. The fourth-order valence-corrected chi connectivity index (χ4v) is 2.83. The fourth-order valence-electron chi connectivity index (χ4n) is 2.22. The third-order valence-corrected chi connectivity index (χ3v) is 3.83. The van der Waals surface area contributed by atoms with E-state index in [1.165, 1.54) is 0 Å². The SMILES string of the molecule is CC(CC(=O)O)CC(O)c1cc2[nH]c(=O)[nH]c2cc1Br. The Balaban J connectivity index is 2.24. The molecule has 2 unspecified atom stereocenters. The highest BCUT2D eigenvalue weighted by Crippen LogP contribution is 2.31. The lowest BCUT2D eigenvalue weighted by molar-refractivity contribution is -0.138. The molecule has 0 aliphatic carbocycles. The van der Waals surface area contributed by atoms with Crippen LogP contribution in [0.5, 0.6) is 0 Å². The molecule has 1 aromatic carbocycles. The quantitative estimate of drug-likeness (QED) is 0.667. The van der Waals surface area contributed by atoms with Gasteiger partial charge in [-0.15, -0.1) is 0 Å². The van der Waals surface area contributed by atoms with Crippen LogP contribution >= 0.6 is 15.9 Å². The fraction of sp³-hybridized carbons (Fsp3) is 0.385. The molecule has 2 atom stereocenters. The number of fused-ring (bicyclic) bond motifs is 1. The number of imidazole rings is 1. The Morgan fingerprint density at radius 3 is 2.55 bits per heavy atom. The summed E-state index contributed by atoms with van der Waals surface area (Å²) in [5, 5.41) is 19.0. The molecule has 0 radical (unpaired) electrons. The highest BCUT2D eigenvalue weighted by Gasteiger charge is 2.18. The summed E-state index contributed by atoms with van der Waals surface area (Å²) < 4.78 is 0.676. The summed E-state index contributed by atoms with van der Waals surface area (Å²) in [6.45, 7) is 1.78. The number of aromatic amines is 2. The highest BCUT2D eigenvalue weighted by molar-refractivity contribution is 9.10. The van der Waals surface area contributed by atoms with Gasteiger partial charge in [0.15, 0.2) is 0 Å². The van der Waals surface area contributed by atoms with Crippen molar-refractivity contribution in [2.24, 2.45) is 5.92 Å². The second-order valence-corrected chi connectivity index (χ2v) is 5.81. The third kappa shape index (κ3) is 3.29. The van der Waals surface area contributed by atoms with Crippen molar-refractivity contribution >= 4 is 32.9 Å². The average molecular weight is 343 g/mol. The molecular weight excluding hydrogens is 328 g/mol. The predicted octanol–water partition coefficient (Wildman–Crippen LogP) is 2.15. The monoisotopic (exact) mass is 342 g/mol. The minimum absolute atomic E-state index is 0.0118. The van der Waals surface area contributed by atoms with Gasteiger partial charge in [0, 0.05) is 10.9 Å². The van der Waals surface area contributed by atoms with E-state index in [0.29, 0.717) is 27.5 Å². The van der Waals surface area contributed by atoms with Crippen LogP contribution in [0.25, 0.3) is 11.0 Å². The highest BCUT2D eigenvalue weighted by atomic mass is 79.9. The Hall–Kier alpha value is -1.60. The molecule has 0 aliphatic heterocycles. The molecule has 1 aromatic heterocycles. The number of rotatable bonds is 5. The largest absolute Gasteiger partial charge is 0.481 e. The van der Waals surface area contributed by atoms with E-state index in [1.807, 2.05) is 0 Å². The first kappa shape index (κ1) is 14.8. The number of hydrogen-bond donors (Lipinski definition) is 4. The van der Waals surface area contributed by atoms with Crippen molar-refractivity contribution in [2.45, 2.75) is 25.9 Å². The number of halogens is 1. The van der Waals surface area contributed by atoms with Crippen LogP contribution in [0.3, 0.4) is 0 Å². The van der Waals surface area contributed by atoms with Crippen LogP contribution < -0.4 is 5.69 Å². The predicted molar refractivity (Wildman–Crippen MR) is 77.6 cm³/mol. The van der Waals surface area contributed by atoms with E-state index in [1.54, 1.807) is 19.1 Å². The molecule has 108 valence electrons. The van der Waals surface area contributed by atoms with E-state index < -0.39 is 12.1 Å². The zero-order valence-corrected chi connectivity index (χ0v) is 12.4. The Labute approximate surface area is 123 Å². The van der Waals surface area contributed by atoms with E-state index in [9.17, 15) is 14.7 Å². The van der Waals surface area contributed by atoms with Crippen LogP contribution in [0.2, 0.25) is 0 Å². The molecule has 20 heavy (non-hydrogen) atoms. The van der Waals surface area contributed by atoms with Gasteiger partial charge in [-0.25, -0.2) is 4.79 Å². The molecule has 0 saturated heterocycles. The van der Waals surface area contributed by atoms with Crippen LogP contribution in [0, 0.1) is 5.92 Å². The first-order chi connectivity index (χ1) is 9.36. The Morgan fingerprint density at radius 2 is 1.95 bits per heavy atom. The first-order valence-corrected chi connectivity index (χ1v) is 6.97. The summed E-state index contributed by atoms with van der Waals surface area (Å²) in [7, 11) is 0. The van der Waals surface area contributed by atoms with Gasteiger partial charge in [-0.05, 0) is 30.0 Å². The Bertz CT molecular complexity index is 691. The lowest BCUT2D eigenvalue weighted by Crippen LogP contribution is -2.09. The van der Waals surface area contributed by atoms with Crippen LogP contribution in [-0.4, -0.2) is 26.2 Å². The molecule has 0 amide bonds. The van der Waals surface area contributed by atoms with Crippen LogP contribution in [-0.2, 0) is 4.79 Å². The molecule has 0 spiro atoms. The van der Waals surface area contributed by atoms with Gasteiger partial charge in [0.25, 0.3) is 0 Å². The van der Waals surface area contributed by atoms with Crippen molar-refractivity contribution in [1.29, 1.82) is 0 Å². The van der Waals surface area contributed by atoms with Gasteiger partial charge >= 0.3 is 11.7 Å². The van der Waals surface area contributed by atoms with Gasteiger partial charge in [0.2, 0.25) is 0 Å². The third-order valence-electron chi connectivity index (χ3n) is 3.14. The molecular formula is C13H15BrN2O4. The van der Waals surface area contributed by atoms with Crippen LogP contribution in [0.4, 0.5) is 0 Å². The normalized spacial score (nSPS) is 14.3. The van der Waals surface area contributed by atoms with Gasteiger partial charge in [-0.2, -0.15) is 0 Å². The van der Waals surface area contributed by atoms with Crippen LogP contribution in [0.1, 0.15) is 31.4 Å². The summed E-state index contributed by atoms with van der Waals surface area (Å²) in [5.41, 5.74) is 1.58. The molecule has 2 rings (SSSR count). The summed E-state index contributed by atoms with van der Waals surface area (Å²) >= 11 is 3.36. The number of aliphatic hydroxyl groups excluding tert-OH is 1. The summed E-state index contributed by atoms with van der Waals surface area (Å²) in [6.07, 6.45) is -0.440. The van der Waals surface area contributed by atoms with Gasteiger partial charge in [-0.1, -0.05) is 22.9 Å². The number of carboxylic acid groups (broad SMARTS) is 1. The maximum absolute atomic E-state index is 11.2. The maximum atomic E-state index is 11.2. The summed E-state index contributed by atoms with van der Waals surface area (Å²) in [4.78, 5) is 27.1. The maximum Gasteiger partial charge on any atom is 0.323 e. The van der Waals surface area contributed by atoms with Gasteiger partial charge in [0.1, 0.15) is 0 Å². The van der Waals surface area contributed by atoms with Crippen molar-refractivity contribution in [2.75, 3.05) is 0 Å². The second-order valence-electron chi connectivity index (χ2n) is 4.95. The molecule has 1 heterocycles. The molecule has 0 aliphatic rings. The van der Waals surface area contributed by atoms with Crippen molar-refractivity contribution in [3.63, 3.8) is 0 Å². The number of hydrogen-bond acceptors (Lipinski definition) is 3. The number of carboxylic acids is 1. The lowest BCUT2D eigenvalue weighted by Gasteiger charge is -2.16. The number of aromatic nitrogens is 2. The Kier molecular flexibility index (Phi) is 4.29. The summed E-state index contributed by atoms with van der Waals surface area (Å²) in [6, 6.07) is 3.41. The minimum Gasteiger partial charge on any atom is -0.481 e. The van der Waals surface area contributed by atoms with E-state index in [-0.39, 0.29) is 18.0 Å². The van der Waals surface area contributed by atoms with E-state index >= 15 is 0 Å². The molecule has 0 fully saturated rings. The van der Waals surface area contributed by atoms with Crippen LogP contribution in [0.15, 0.2) is 21.4 Å². The van der Waals surface area contributed by atoms with Gasteiger partial charge in [0.05, 0.1) is 17.1 Å². The smallest absolute Gasteiger partial charge is 0.323 e. The molecule has 7 heteroatoms. The number of benzene rings is 1. The molecule has 4 N–H and O–H groups in total. The zero-order valence-electron chi connectivity index (χ0n) is 10.8. The molecule has 2 aromatic rings. The number of H-pyrrole nitrogens is 2. The lowest BCUT2D eigenvalue weighted by atomic mass is 9.95. The zero-order chi connectivity index (χ0) is 14.9.